The fourth-order valence-electron chi connectivity index (χ4n) is 1.34. The van der Waals surface area contributed by atoms with E-state index in [0.717, 1.165) is 23.8 Å². The smallest absolute Gasteiger partial charge is 0.188 e. The van der Waals surface area contributed by atoms with Gasteiger partial charge in [-0.25, -0.2) is 15.0 Å². The van der Waals surface area contributed by atoms with Crippen LogP contribution in [0.4, 0.5) is 0 Å². The van der Waals surface area contributed by atoms with Gasteiger partial charge in [0, 0.05) is 23.8 Å². The van der Waals surface area contributed by atoms with Crippen molar-refractivity contribution in [3.05, 3.63) is 29.0 Å². The maximum Gasteiger partial charge on any atom is 0.188 e. The first kappa shape index (κ1) is 11.2. The van der Waals surface area contributed by atoms with Crippen LogP contribution in [0.25, 0.3) is 10.8 Å². The first-order chi connectivity index (χ1) is 7.81. The summed E-state index contributed by atoms with van der Waals surface area (Å²) in [4.78, 5) is 14.1. The highest BCUT2D eigenvalue weighted by Gasteiger charge is 2.10. The van der Waals surface area contributed by atoms with Crippen molar-refractivity contribution in [2.24, 2.45) is 0 Å². The molecule has 84 valence electrons. The molecular weight excluding hydrogens is 220 g/mol. The summed E-state index contributed by atoms with van der Waals surface area (Å²) in [5, 5.41) is 4.19. The topological polar surface area (TPSA) is 50.7 Å². The molecule has 16 heavy (non-hydrogen) atoms. The number of aryl methyl sites for hydroxylation is 1. The van der Waals surface area contributed by atoms with E-state index in [1.165, 1.54) is 4.88 Å². The van der Waals surface area contributed by atoms with Gasteiger partial charge < -0.3 is 5.32 Å². The highest BCUT2D eigenvalue weighted by atomic mass is 32.1. The van der Waals surface area contributed by atoms with Crippen molar-refractivity contribution < 1.29 is 0 Å². The molecule has 0 fully saturated rings. The Morgan fingerprint density at radius 2 is 2.06 bits per heavy atom. The highest BCUT2D eigenvalue weighted by molar-refractivity contribution is 7.15. The standard InChI is InChI=1S/C11H14N4S/c1-3-12-7-9-8(2)15-11(16-9)10-13-5-4-6-14-10/h4-6,12H,3,7H2,1-2H3. The minimum Gasteiger partial charge on any atom is -0.312 e. The predicted octanol–water partition coefficient (Wildman–Crippen LogP) is 2.02. The van der Waals surface area contributed by atoms with Crippen LogP contribution in [-0.4, -0.2) is 21.5 Å². The van der Waals surface area contributed by atoms with E-state index < -0.39 is 0 Å². The van der Waals surface area contributed by atoms with Crippen molar-refractivity contribution in [3.63, 3.8) is 0 Å². The van der Waals surface area contributed by atoms with Crippen LogP contribution in [0.5, 0.6) is 0 Å². The van der Waals surface area contributed by atoms with Crippen LogP contribution in [0, 0.1) is 6.92 Å². The van der Waals surface area contributed by atoms with Crippen molar-refractivity contribution in [2.75, 3.05) is 6.54 Å². The molecular formula is C11H14N4S. The third-order valence-electron chi connectivity index (χ3n) is 2.19. The van der Waals surface area contributed by atoms with Gasteiger partial charge in [0.1, 0.15) is 0 Å². The number of thiazole rings is 1. The summed E-state index contributed by atoms with van der Waals surface area (Å²) < 4.78 is 0. The lowest BCUT2D eigenvalue weighted by atomic mass is 10.4. The second kappa shape index (κ2) is 5.14. The Bertz CT molecular complexity index is 452. The Kier molecular flexibility index (Phi) is 3.58. The summed E-state index contributed by atoms with van der Waals surface area (Å²) in [5.41, 5.74) is 1.06. The molecule has 5 heteroatoms. The minimum atomic E-state index is 0.707. The van der Waals surface area contributed by atoms with Crippen molar-refractivity contribution in [2.45, 2.75) is 20.4 Å². The van der Waals surface area contributed by atoms with E-state index in [1.54, 1.807) is 23.7 Å². The lowest BCUT2D eigenvalue weighted by Crippen LogP contribution is -2.11. The van der Waals surface area contributed by atoms with Crippen LogP contribution in [0.15, 0.2) is 18.5 Å². The summed E-state index contributed by atoms with van der Waals surface area (Å²) in [6, 6.07) is 1.81. The zero-order chi connectivity index (χ0) is 11.4. The largest absolute Gasteiger partial charge is 0.312 e. The number of nitrogens with one attached hydrogen (secondary N) is 1. The van der Waals surface area contributed by atoms with Gasteiger partial charge in [-0.1, -0.05) is 6.92 Å². The number of nitrogens with zero attached hydrogens (tertiary/aromatic N) is 3. The van der Waals surface area contributed by atoms with Crippen molar-refractivity contribution in [1.82, 2.24) is 20.3 Å². The van der Waals surface area contributed by atoms with E-state index in [1.807, 2.05) is 13.0 Å². The predicted molar refractivity (Wildman–Crippen MR) is 65.3 cm³/mol. The van der Waals surface area contributed by atoms with Crippen LogP contribution in [-0.2, 0) is 6.54 Å². The zero-order valence-electron chi connectivity index (χ0n) is 9.40. The lowest BCUT2D eigenvalue weighted by molar-refractivity contribution is 0.731. The Morgan fingerprint density at radius 1 is 1.31 bits per heavy atom. The van der Waals surface area contributed by atoms with E-state index >= 15 is 0 Å². The zero-order valence-corrected chi connectivity index (χ0v) is 10.2. The fourth-order valence-corrected chi connectivity index (χ4v) is 2.32. The Hall–Kier alpha value is -1.33. The molecule has 2 rings (SSSR count). The molecule has 0 saturated heterocycles. The van der Waals surface area contributed by atoms with E-state index in [4.69, 9.17) is 0 Å². The summed E-state index contributed by atoms with van der Waals surface area (Å²) in [7, 11) is 0. The van der Waals surface area contributed by atoms with E-state index in [-0.39, 0.29) is 0 Å². The van der Waals surface area contributed by atoms with E-state index in [2.05, 4.69) is 27.2 Å². The summed E-state index contributed by atoms with van der Waals surface area (Å²) in [6.07, 6.45) is 3.48. The van der Waals surface area contributed by atoms with Gasteiger partial charge in [-0.15, -0.1) is 11.3 Å². The Morgan fingerprint density at radius 3 is 2.75 bits per heavy atom. The monoisotopic (exact) mass is 234 g/mol. The molecule has 0 unspecified atom stereocenters. The second-order valence-electron chi connectivity index (χ2n) is 3.38. The van der Waals surface area contributed by atoms with Gasteiger partial charge in [-0.2, -0.15) is 0 Å². The van der Waals surface area contributed by atoms with Gasteiger partial charge >= 0.3 is 0 Å². The molecule has 0 bridgehead atoms. The van der Waals surface area contributed by atoms with Crippen molar-refractivity contribution in [3.8, 4) is 10.8 Å². The SMILES string of the molecule is CCNCc1sc(-c2ncccn2)nc1C. The molecule has 2 aromatic heterocycles. The maximum atomic E-state index is 4.49. The third kappa shape index (κ3) is 2.43. The Labute approximate surface area is 98.8 Å². The molecule has 4 nitrogen and oxygen atoms in total. The minimum absolute atomic E-state index is 0.707. The van der Waals surface area contributed by atoms with Gasteiger partial charge in [-0.3, -0.25) is 0 Å². The van der Waals surface area contributed by atoms with Crippen LogP contribution < -0.4 is 5.32 Å². The van der Waals surface area contributed by atoms with Gasteiger partial charge in [-0.05, 0) is 19.5 Å². The second-order valence-corrected chi connectivity index (χ2v) is 4.46. The number of hydrogen-bond donors (Lipinski definition) is 1. The average Bonchev–Trinajstić information content (AvgIpc) is 2.69. The highest BCUT2D eigenvalue weighted by Crippen LogP contribution is 2.24. The van der Waals surface area contributed by atoms with E-state index in [0.29, 0.717) is 5.82 Å². The average molecular weight is 234 g/mol. The number of rotatable bonds is 4. The molecule has 0 aliphatic rings. The molecule has 0 aliphatic carbocycles. The van der Waals surface area contributed by atoms with Crippen molar-refractivity contribution in [1.29, 1.82) is 0 Å². The number of aromatic nitrogens is 3. The van der Waals surface area contributed by atoms with Crippen LogP contribution in [0.2, 0.25) is 0 Å². The quantitative estimate of drug-likeness (QED) is 0.879. The van der Waals surface area contributed by atoms with Crippen LogP contribution >= 0.6 is 11.3 Å². The summed E-state index contributed by atoms with van der Waals surface area (Å²) in [6.45, 7) is 5.95. The van der Waals surface area contributed by atoms with Gasteiger partial charge in [0.05, 0.1) is 5.69 Å². The molecule has 0 aromatic carbocycles. The molecule has 0 saturated carbocycles. The van der Waals surface area contributed by atoms with Crippen LogP contribution in [0.3, 0.4) is 0 Å². The van der Waals surface area contributed by atoms with Gasteiger partial charge in [0.2, 0.25) is 0 Å². The van der Waals surface area contributed by atoms with Gasteiger partial charge in [0.15, 0.2) is 10.8 Å². The fraction of sp³-hybridized carbons (Fsp3) is 0.364. The summed E-state index contributed by atoms with van der Waals surface area (Å²) >= 11 is 1.65. The van der Waals surface area contributed by atoms with Crippen molar-refractivity contribution >= 4 is 11.3 Å². The van der Waals surface area contributed by atoms with E-state index in [9.17, 15) is 0 Å². The number of hydrogen-bond acceptors (Lipinski definition) is 5. The molecule has 2 heterocycles. The first-order valence-corrected chi connectivity index (χ1v) is 6.07. The molecule has 0 amide bonds. The molecule has 1 N–H and O–H groups in total. The molecule has 0 radical (unpaired) electrons. The Balaban J connectivity index is 2.24. The lowest BCUT2D eigenvalue weighted by Gasteiger charge is -1.97. The maximum absolute atomic E-state index is 4.49. The first-order valence-electron chi connectivity index (χ1n) is 5.25. The molecule has 2 aromatic rings. The normalized spacial score (nSPS) is 10.6. The molecule has 0 atom stereocenters. The van der Waals surface area contributed by atoms with Gasteiger partial charge in [0.25, 0.3) is 0 Å². The third-order valence-corrected chi connectivity index (χ3v) is 3.34. The molecule has 0 spiro atoms. The molecule has 0 aliphatic heterocycles. The van der Waals surface area contributed by atoms with Crippen LogP contribution in [0.1, 0.15) is 17.5 Å². The summed E-state index contributed by atoms with van der Waals surface area (Å²) in [5.74, 6) is 0.707.